The van der Waals surface area contributed by atoms with Crippen molar-refractivity contribution in [1.82, 2.24) is 10.6 Å². The highest BCUT2D eigenvalue weighted by atomic mass is 16.4. The third-order valence-electron chi connectivity index (χ3n) is 4.63. The number of carboxylic acid groups (broad SMARTS) is 1. The highest BCUT2D eigenvalue weighted by Gasteiger charge is 2.27. The van der Waals surface area contributed by atoms with Gasteiger partial charge in [-0.25, -0.2) is 0 Å². The number of carbonyl (C=O) groups is 2. The van der Waals surface area contributed by atoms with E-state index in [0.29, 0.717) is 18.8 Å². The first-order valence-corrected chi connectivity index (χ1v) is 7.88. The summed E-state index contributed by atoms with van der Waals surface area (Å²) in [5.41, 5.74) is 0. The molecule has 0 aromatic heterocycles. The Kier molecular flexibility index (Phi) is 5.83. The standard InChI is InChI=1S/C15H26N2O3/c18-14(5-4-11-6-8-16-9-7-11)17-13-3-1-2-12(10-13)15(19)20/h11-13,16H,1-10H2,(H,17,18)(H,19,20). The molecule has 0 spiro atoms. The molecule has 0 radical (unpaired) electrons. The minimum atomic E-state index is -0.723. The normalized spacial score (nSPS) is 28.0. The van der Waals surface area contributed by atoms with Crippen molar-refractivity contribution in [2.75, 3.05) is 13.1 Å². The van der Waals surface area contributed by atoms with E-state index in [1.54, 1.807) is 0 Å². The van der Waals surface area contributed by atoms with Crippen molar-refractivity contribution in [2.24, 2.45) is 11.8 Å². The zero-order chi connectivity index (χ0) is 14.4. The predicted octanol–water partition coefficient (Wildman–Crippen LogP) is 1.53. The molecular formula is C15H26N2O3. The van der Waals surface area contributed by atoms with Crippen molar-refractivity contribution >= 4 is 11.9 Å². The molecule has 1 saturated heterocycles. The fourth-order valence-corrected chi connectivity index (χ4v) is 3.35. The number of nitrogens with one attached hydrogen (secondary N) is 2. The van der Waals surface area contributed by atoms with Crippen LogP contribution in [0.3, 0.4) is 0 Å². The molecule has 0 bridgehead atoms. The Balaban J connectivity index is 1.66. The number of piperidine rings is 1. The summed E-state index contributed by atoms with van der Waals surface area (Å²) >= 11 is 0. The van der Waals surface area contributed by atoms with Crippen molar-refractivity contribution < 1.29 is 14.7 Å². The van der Waals surface area contributed by atoms with Gasteiger partial charge in [-0.05, 0) is 57.5 Å². The molecule has 3 N–H and O–H groups in total. The topological polar surface area (TPSA) is 78.4 Å². The highest BCUT2D eigenvalue weighted by Crippen LogP contribution is 2.25. The van der Waals surface area contributed by atoms with Crippen molar-refractivity contribution in [3.63, 3.8) is 0 Å². The van der Waals surface area contributed by atoms with Crippen LogP contribution in [0.4, 0.5) is 0 Å². The van der Waals surface area contributed by atoms with Gasteiger partial charge >= 0.3 is 5.97 Å². The minimum absolute atomic E-state index is 0.0605. The van der Waals surface area contributed by atoms with Crippen LogP contribution in [0.2, 0.25) is 0 Å². The van der Waals surface area contributed by atoms with Gasteiger partial charge in [0.05, 0.1) is 5.92 Å². The van der Waals surface area contributed by atoms with Crippen LogP contribution in [-0.2, 0) is 9.59 Å². The quantitative estimate of drug-likeness (QED) is 0.714. The summed E-state index contributed by atoms with van der Waals surface area (Å²) in [5, 5.41) is 15.4. The summed E-state index contributed by atoms with van der Waals surface area (Å²) in [6, 6.07) is 0.0605. The van der Waals surface area contributed by atoms with E-state index < -0.39 is 5.97 Å². The Bertz CT molecular complexity index is 340. The van der Waals surface area contributed by atoms with Crippen LogP contribution in [0.15, 0.2) is 0 Å². The molecule has 114 valence electrons. The summed E-state index contributed by atoms with van der Waals surface area (Å²) in [6.07, 6.45) is 7.03. The molecule has 2 unspecified atom stereocenters. The Labute approximate surface area is 120 Å². The molecule has 1 aliphatic heterocycles. The second-order valence-corrected chi connectivity index (χ2v) is 6.20. The number of rotatable bonds is 5. The molecule has 1 saturated carbocycles. The smallest absolute Gasteiger partial charge is 0.306 e. The van der Waals surface area contributed by atoms with Gasteiger partial charge in [0.1, 0.15) is 0 Å². The summed E-state index contributed by atoms with van der Waals surface area (Å²) in [4.78, 5) is 23.0. The van der Waals surface area contributed by atoms with E-state index in [1.165, 1.54) is 0 Å². The second-order valence-electron chi connectivity index (χ2n) is 6.20. The largest absolute Gasteiger partial charge is 0.481 e. The molecule has 2 rings (SSSR count). The van der Waals surface area contributed by atoms with E-state index in [1.807, 2.05) is 0 Å². The number of amides is 1. The summed E-state index contributed by atoms with van der Waals surface area (Å²) in [7, 11) is 0. The first-order chi connectivity index (χ1) is 9.65. The van der Waals surface area contributed by atoms with Gasteiger partial charge in [-0.15, -0.1) is 0 Å². The van der Waals surface area contributed by atoms with Crippen molar-refractivity contribution in [3.8, 4) is 0 Å². The molecular weight excluding hydrogens is 256 g/mol. The van der Waals surface area contributed by atoms with Gasteiger partial charge in [0, 0.05) is 12.5 Å². The lowest BCUT2D eigenvalue weighted by Crippen LogP contribution is -2.40. The first kappa shape index (κ1) is 15.3. The molecule has 0 aromatic carbocycles. The first-order valence-electron chi connectivity index (χ1n) is 7.88. The molecule has 1 amide bonds. The van der Waals surface area contributed by atoms with Gasteiger partial charge in [0.15, 0.2) is 0 Å². The minimum Gasteiger partial charge on any atom is -0.481 e. The van der Waals surface area contributed by atoms with E-state index in [9.17, 15) is 9.59 Å². The molecule has 1 heterocycles. The zero-order valence-corrected chi connectivity index (χ0v) is 12.1. The van der Waals surface area contributed by atoms with Crippen molar-refractivity contribution in [1.29, 1.82) is 0 Å². The SMILES string of the molecule is O=C(CCC1CCNCC1)NC1CCCC(C(=O)O)C1. The molecule has 2 fully saturated rings. The average molecular weight is 282 g/mol. The summed E-state index contributed by atoms with van der Waals surface area (Å²) < 4.78 is 0. The number of carbonyl (C=O) groups excluding carboxylic acids is 1. The van der Waals surface area contributed by atoms with E-state index in [0.717, 1.165) is 51.6 Å². The van der Waals surface area contributed by atoms with Crippen LogP contribution in [0.1, 0.15) is 51.4 Å². The maximum Gasteiger partial charge on any atom is 0.306 e. The maximum absolute atomic E-state index is 12.0. The lowest BCUT2D eigenvalue weighted by molar-refractivity contribution is -0.143. The summed E-state index contributed by atoms with van der Waals surface area (Å²) in [6.45, 7) is 2.13. The molecule has 0 aromatic rings. The van der Waals surface area contributed by atoms with Gasteiger partial charge in [-0.1, -0.05) is 6.42 Å². The molecule has 20 heavy (non-hydrogen) atoms. The fraction of sp³-hybridized carbons (Fsp3) is 0.867. The number of hydrogen-bond donors (Lipinski definition) is 3. The van der Waals surface area contributed by atoms with Crippen molar-refractivity contribution in [3.05, 3.63) is 0 Å². The zero-order valence-electron chi connectivity index (χ0n) is 12.1. The average Bonchev–Trinajstić information content (AvgIpc) is 2.46. The van der Waals surface area contributed by atoms with Gasteiger partial charge < -0.3 is 15.7 Å². The van der Waals surface area contributed by atoms with Crippen LogP contribution in [0, 0.1) is 11.8 Å². The Morgan fingerprint density at radius 1 is 1.15 bits per heavy atom. The lowest BCUT2D eigenvalue weighted by atomic mass is 9.85. The molecule has 2 aliphatic rings. The van der Waals surface area contributed by atoms with Gasteiger partial charge in [-0.2, -0.15) is 0 Å². The van der Waals surface area contributed by atoms with E-state index in [4.69, 9.17) is 5.11 Å². The van der Waals surface area contributed by atoms with Crippen LogP contribution in [-0.4, -0.2) is 36.1 Å². The van der Waals surface area contributed by atoms with E-state index in [2.05, 4.69) is 10.6 Å². The highest BCUT2D eigenvalue weighted by molar-refractivity contribution is 5.76. The number of aliphatic carboxylic acids is 1. The van der Waals surface area contributed by atoms with Crippen LogP contribution >= 0.6 is 0 Å². The number of carboxylic acids is 1. The lowest BCUT2D eigenvalue weighted by Gasteiger charge is -2.28. The van der Waals surface area contributed by atoms with Gasteiger partial charge in [0.2, 0.25) is 5.91 Å². The predicted molar refractivity (Wildman–Crippen MR) is 76.4 cm³/mol. The monoisotopic (exact) mass is 282 g/mol. The van der Waals surface area contributed by atoms with Crippen LogP contribution in [0.25, 0.3) is 0 Å². The van der Waals surface area contributed by atoms with Crippen LogP contribution in [0.5, 0.6) is 0 Å². The summed E-state index contributed by atoms with van der Waals surface area (Å²) in [5.74, 6) is -0.239. The number of hydrogen-bond acceptors (Lipinski definition) is 3. The van der Waals surface area contributed by atoms with Gasteiger partial charge in [0.25, 0.3) is 0 Å². The van der Waals surface area contributed by atoms with E-state index in [-0.39, 0.29) is 17.9 Å². The maximum atomic E-state index is 12.0. The Hall–Kier alpha value is -1.10. The van der Waals surface area contributed by atoms with Gasteiger partial charge in [-0.3, -0.25) is 9.59 Å². The third kappa shape index (κ3) is 4.78. The van der Waals surface area contributed by atoms with E-state index >= 15 is 0 Å². The fourth-order valence-electron chi connectivity index (χ4n) is 3.35. The molecule has 2 atom stereocenters. The Morgan fingerprint density at radius 3 is 2.60 bits per heavy atom. The molecule has 5 nitrogen and oxygen atoms in total. The Morgan fingerprint density at radius 2 is 1.90 bits per heavy atom. The second kappa shape index (κ2) is 7.62. The van der Waals surface area contributed by atoms with Crippen molar-refractivity contribution in [2.45, 2.75) is 57.4 Å². The third-order valence-corrected chi connectivity index (χ3v) is 4.63. The van der Waals surface area contributed by atoms with Crippen LogP contribution < -0.4 is 10.6 Å². The molecule has 5 heteroatoms. The molecule has 1 aliphatic carbocycles.